The lowest BCUT2D eigenvalue weighted by Gasteiger charge is -2.32. The van der Waals surface area contributed by atoms with Gasteiger partial charge in [-0.25, -0.2) is 0 Å². The van der Waals surface area contributed by atoms with E-state index >= 15 is 0 Å². The monoisotopic (exact) mass is 341 g/mol. The van der Waals surface area contributed by atoms with Crippen LogP contribution in [0.15, 0.2) is 31.9 Å². The summed E-state index contributed by atoms with van der Waals surface area (Å²) in [5, 5.41) is 3.07. The number of carbonyl (C=O) groups is 1. The third-order valence-corrected chi connectivity index (χ3v) is 4.83. The zero-order valence-electron chi connectivity index (χ0n) is 8.15. The van der Waals surface area contributed by atoms with Gasteiger partial charge < -0.3 is 5.32 Å². The van der Waals surface area contributed by atoms with Crippen LogP contribution in [0.2, 0.25) is 0 Å². The third kappa shape index (κ3) is 1.84. The van der Waals surface area contributed by atoms with Crippen molar-refractivity contribution in [1.82, 2.24) is 5.32 Å². The number of dihydropyridines is 1. The van der Waals surface area contributed by atoms with Crippen molar-refractivity contribution in [2.24, 2.45) is 0 Å². The van der Waals surface area contributed by atoms with Crippen LogP contribution in [0.4, 0.5) is 0 Å². The van der Waals surface area contributed by atoms with Crippen molar-refractivity contribution in [1.29, 1.82) is 0 Å². The van der Waals surface area contributed by atoms with Crippen LogP contribution in [-0.4, -0.2) is 17.2 Å². The molecule has 2 rings (SSSR count). The minimum absolute atomic E-state index is 0.160. The highest BCUT2D eigenvalue weighted by Crippen LogP contribution is 2.39. The quantitative estimate of drug-likeness (QED) is 0.683. The number of nitrogens with one attached hydrogen (secondary N) is 1. The molecular formula is C10H7BrCl3NO. The third-order valence-electron chi connectivity index (χ3n) is 2.53. The number of carbonyl (C=O) groups excluding carboxylic acids is 1. The Bertz CT molecular complexity index is 467. The number of allylic oxidation sites excluding steroid dienone is 4. The molecule has 0 saturated carbocycles. The molecule has 0 amide bonds. The van der Waals surface area contributed by atoms with Crippen LogP contribution in [0.5, 0.6) is 0 Å². The van der Waals surface area contributed by atoms with Gasteiger partial charge in [0.25, 0.3) is 0 Å². The van der Waals surface area contributed by atoms with Crippen molar-refractivity contribution < 1.29 is 4.79 Å². The van der Waals surface area contributed by atoms with Crippen molar-refractivity contribution in [2.45, 2.75) is 18.3 Å². The van der Waals surface area contributed by atoms with E-state index in [2.05, 4.69) is 21.2 Å². The lowest BCUT2D eigenvalue weighted by atomic mass is 9.91. The van der Waals surface area contributed by atoms with Gasteiger partial charge in [0.15, 0.2) is 5.78 Å². The topological polar surface area (TPSA) is 29.1 Å². The molecule has 0 radical (unpaired) electrons. The molecule has 0 aromatic carbocycles. The molecule has 2 unspecified atom stereocenters. The number of hydrogen-bond acceptors (Lipinski definition) is 2. The summed E-state index contributed by atoms with van der Waals surface area (Å²) in [5.41, 5.74) is 1.54. The summed E-state index contributed by atoms with van der Waals surface area (Å²) >= 11 is 21.3. The van der Waals surface area contributed by atoms with Gasteiger partial charge in [0.1, 0.15) is 5.38 Å². The maximum atomic E-state index is 11.6. The number of alkyl halides is 1. The molecule has 0 fully saturated rings. The van der Waals surface area contributed by atoms with Gasteiger partial charge in [0.05, 0.1) is 16.1 Å². The SMILES string of the molecule is CC1=C(Cl)C(Br)=C2C(C=C(Cl)C(=O)C2Cl)N1. The van der Waals surface area contributed by atoms with Crippen LogP contribution in [0.25, 0.3) is 0 Å². The molecular weight excluding hydrogens is 336 g/mol. The molecule has 0 spiro atoms. The first kappa shape index (κ1) is 12.5. The number of Topliss-reactive ketones (excluding diaryl/α,β-unsaturated/α-hetero) is 1. The summed E-state index contributed by atoms with van der Waals surface area (Å²) in [4.78, 5) is 11.6. The molecule has 0 aromatic heterocycles. The summed E-state index contributed by atoms with van der Waals surface area (Å²) in [7, 11) is 0. The van der Waals surface area contributed by atoms with Crippen LogP contribution >= 0.6 is 50.7 Å². The maximum Gasteiger partial charge on any atom is 0.196 e. The van der Waals surface area contributed by atoms with Crippen LogP contribution in [0.1, 0.15) is 6.92 Å². The highest BCUT2D eigenvalue weighted by molar-refractivity contribution is 9.12. The van der Waals surface area contributed by atoms with E-state index in [1.807, 2.05) is 6.92 Å². The van der Waals surface area contributed by atoms with Gasteiger partial charge in [0.2, 0.25) is 0 Å². The Morgan fingerprint density at radius 1 is 1.44 bits per heavy atom. The zero-order chi connectivity index (χ0) is 12.0. The molecule has 2 nitrogen and oxygen atoms in total. The summed E-state index contributed by atoms with van der Waals surface area (Å²) in [6.45, 7) is 1.85. The Balaban J connectivity index is 2.58. The van der Waals surface area contributed by atoms with Gasteiger partial charge in [-0.05, 0) is 34.5 Å². The average Bonchev–Trinajstić information content (AvgIpc) is 2.23. The number of fused-ring (bicyclic) bond motifs is 1. The van der Waals surface area contributed by atoms with E-state index in [1.54, 1.807) is 6.08 Å². The molecule has 1 heterocycles. The van der Waals surface area contributed by atoms with Crippen LogP contribution in [0, 0.1) is 0 Å². The maximum absolute atomic E-state index is 11.6. The second-order valence-electron chi connectivity index (χ2n) is 3.57. The standard InChI is InChI=1S/C10H7BrCl3NO/c1-3-8(13)7(11)6-5(15-3)2-4(12)10(16)9(6)14/h2,5,9,15H,1H3. The summed E-state index contributed by atoms with van der Waals surface area (Å²) in [5.74, 6) is -0.294. The molecule has 16 heavy (non-hydrogen) atoms. The summed E-state index contributed by atoms with van der Waals surface area (Å²) in [6.07, 6.45) is 1.65. The Morgan fingerprint density at radius 3 is 2.69 bits per heavy atom. The minimum Gasteiger partial charge on any atom is -0.377 e. The van der Waals surface area contributed by atoms with Crippen molar-refractivity contribution in [2.75, 3.05) is 0 Å². The molecule has 1 aliphatic carbocycles. The van der Waals surface area contributed by atoms with E-state index in [0.29, 0.717) is 15.1 Å². The Morgan fingerprint density at radius 2 is 2.06 bits per heavy atom. The largest absolute Gasteiger partial charge is 0.377 e. The summed E-state index contributed by atoms with van der Waals surface area (Å²) in [6, 6.07) is -0.176. The fourth-order valence-electron chi connectivity index (χ4n) is 1.69. The van der Waals surface area contributed by atoms with E-state index in [4.69, 9.17) is 34.8 Å². The van der Waals surface area contributed by atoms with E-state index in [-0.39, 0.29) is 16.9 Å². The van der Waals surface area contributed by atoms with Gasteiger partial charge in [0, 0.05) is 10.2 Å². The van der Waals surface area contributed by atoms with Crippen molar-refractivity contribution >= 4 is 56.5 Å². The Kier molecular flexibility index (Phi) is 3.41. The highest BCUT2D eigenvalue weighted by Gasteiger charge is 2.37. The fourth-order valence-corrected chi connectivity index (χ4v) is 3.42. The normalized spacial score (nSPS) is 30.1. The average molecular weight is 343 g/mol. The first-order valence-electron chi connectivity index (χ1n) is 4.52. The van der Waals surface area contributed by atoms with E-state index < -0.39 is 5.38 Å². The van der Waals surface area contributed by atoms with Crippen LogP contribution in [0.3, 0.4) is 0 Å². The van der Waals surface area contributed by atoms with E-state index in [1.165, 1.54) is 0 Å². The molecule has 1 N–H and O–H groups in total. The van der Waals surface area contributed by atoms with Gasteiger partial charge in [-0.15, -0.1) is 11.6 Å². The minimum atomic E-state index is -0.772. The highest BCUT2D eigenvalue weighted by atomic mass is 79.9. The second kappa shape index (κ2) is 4.37. The molecule has 1 aliphatic heterocycles. The Labute approximate surface area is 116 Å². The number of ketones is 1. The van der Waals surface area contributed by atoms with E-state index in [9.17, 15) is 4.79 Å². The van der Waals surface area contributed by atoms with Gasteiger partial charge >= 0.3 is 0 Å². The first-order valence-corrected chi connectivity index (χ1v) is 6.50. The summed E-state index contributed by atoms with van der Waals surface area (Å²) < 4.78 is 0.671. The van der Waals surface area contributed by atoms with Gasteiger partial charge in [-0.1, -0.05) is 23.2 Å². The molecule has 0 aromatic rings. The molecule has 86 valence electrons. The smallest absolute Gasteiger partial charge is 0.196 e. The molecule has 2 atom stereocenters. The molecule has 6 heteroatoms. The molecule has 2 aliphatic rings. The predicted octanol–water partition coefficient (Wildman–Crippen LogP) is 3.39. The Hall–Kier alpha value is 0.0400. The number of halogens is 4. The van der Waals surface area contributed by atoms with Crippen molar-refractivity contribution in [3.63, 3.8) is 0 Å². The fraction of sp³-hybridized carbons (Fsp3) is 0.300. The first-order chi connectivity index (χ1) is 7.43. The van der Waals surface area contributed by atoms with Crippen LogP contribution < -0.4 is 5.32 Å². The van der Waals surface area contributed by atoms with Gasteiger partial charge in [-0.3, -0.25) is 4.79 Å². The van der Waals surface area contributed by atoms with Crippen LogP contribution in [-0.2, 0) is 4.79 Å². The number of rotatable bonds is 0. The lowest BCUT2D eigenvalue weighted by Crippen LogP contribution is -2.41. The predicted molar refractivity (Wildman–Crippen MR) is 70.0 cm³/mol. The molecule has 0 saturated heterocycles. The molecule has 0 bridgehead atoms. The van der Waals surface area contributed by atoms with Crippen molar-refractivity contribution in [3.05, 3.63) is 31.9 Å². The lowest BCUT2D eigenvalue weighted by molar-refractivity contribution is -0.114. The van der Waals surface area contributed by atoms with Crippen molar-refractivity contribution in [3.8, 4) is 0 Å². The van der Waals surface area contributed by atoms with E-state index in [0.717, 1.165) is 5.70 Å². The zero-order valence-corrected chi connectivity index (χ0v) is 12.0. The number of hydrogen-bond donors (Lipinski definition) is 1. The van der Waals surface area contributed by atoms with Gasteiger partial charge in [-0.2, -0.15) is 0 Å². The second-order valence-corrected chi connectivity index (χ2v) is 5.59.